The third kappa shape index (κ3) is 8.94. The summed E-state index contributed by atoms with van der Waals surface area (Å²) in [5.74, 6) is -0.523. The number of aliphatic imine (C=N–C) groups is 1. The number of imide groups is 1. The van der Waals surface area contributed by atoms with Crippen molar-refractivity contribution in [3.05, 3.63) is 87.4 Å². The van der Waals surface area contributed by atoms with Crippen LogP contribution in [0.2, 0.25) is 10.0 Å². The standard InChI is InChI=1S/C51H64Cl2FN7O4/c1-32(38-10-12-43(62)57-47(38)63)29-55-30-33(2)60-23-17-36(18-24-60)31-59-21-13-34(14-22-59)27-35-15-25-61(26-16-35)48(64)46-44(39-7-6-8-41(53)45(39)54)51(50(58-46)19-4-3-5-20-50)40-11-9-37(52)28-42(40)56-49(51)65/h6-9,11,28-30,34-36,38,44,46,58H,2-5,10,12-27,31H2,1H3,(H,56,65)(H,57,62,63)/b32-29+,55-30-/t38?,44?,46-,51-/m1/s1. The summed E-state index contributed by atoms with van der Waals surface area (Å²) in [4.78, 5) is 64.9. The molecule has 4 amide bonds. The number of amides is 4. The summed E-state index contributed by atoms with van der Waals surface area (Å²) in [6.45, 7) is 12.7. The van der Waals surface area contributed by atoms with Crippen molar-refractivity contribution < 1.29 is 23.6 Å². The topological polar surface area (TPSA) is 126 Å². The highest BCUT2D eigenvalue weighted by Gasteiger charge is 2.72. The second-order valence-corrected chi connectivity index (χ2v) is 21.0. The summed E-state index contributed by atoms with van der Waals surface area (Å²) in [7, 11) is 0. The van der Waals surface area contributed by atoms with Gasteiger partial charge in [0.2, 0.25) is 23.6 Å². The van der Waals surface area contributed by atoms with Crippen LogP contribution in [0.25, 0.3) is 0 Å². The van der Waals surface area contributed by atoms with Gasteiger partial charge in [-0.15, -0.1) is 0 Å². The number of anilines is 1. The van der Waals surface area contributed by atoms with Gasteiger partial charge in [0.1, 0.15) is 11.2 Å². The van der Waals surface area contributed by atoms with Crippen LogP contribution in [-0.2, 0) is 24.6 Å². The molecule has 65 heavy (non-hydrogen) atoms. The quantitative estimate of drug-likeness (QED) is 0.162. The first-order valence-corrected chi connectivity index (χ1v) is 24.9. The maximum Gasteiger partial charge on any atom is 0.240 e. The molecule has 0 radical (unpaired) electrons. The summed E-state index contributed by atoms with van der Waals surface area (Å²) in [5.41, 5.74) is 1.46. The molecule has 9 rings (SSSR count). The number of hydrogen-bond acceptors (Lipinski definition) is 8. The number of hydrogen-bond donors (Lipinski definition) is 3. The first-order chi connectivity index (χ1) is 31.4. The van der Waals surface area contributed by atoms with E-state index >= 15 is 9.18 Å². The molecule has 5 saturated heterocycles. The zero-order chi connectivity index (χ0) is 45.5. The zero-order valence-corrected chi connectivity index (χ0v) is 39.2. The Morgan fingerprint density at radius 2 is 1.55 bits per heavy atom. The van der Waals surface area contributed by atoms with E-state index in [1.54, 1.807) is 36.7 Å². The predicted octanol–water partition coefficient (Wildman–Crippen LogP) is 8.37. The molecule has 2 spiro atoms. The lowest BCUT2D eigenvalue weighted by Gasteiger charge is -2.47. The average Bonchev–Trinajstić information content (AvgIpc) is 3.75. The van der Waals surface area contributed by atoms with Crippen molar-refractivity contribution in [2.24, 2.45) is 28.7 Å². The number of rotatable bonds is 10. The molecular formula is C51H64Cl2FN7O4. The molecule has 1 saturated carbocycles. The third-order valence-electron chi connectivity index (χ3n) is 16.4. The lowest BCUT2D eigenvalue weighted by Crippen LogP contribution is -2.60. The lowest BCUT2D eigenvalue weighted by molar-refractivity contribution is -0.136. The monoisotopic (exact) mass is 927 g/mol. The minimum atomic E-state index is -1.23. The van der Waals surface area contributed by atoms with Gasteiger partial charge in [-0.25, -0.2) is 4.39 Å². The molecule has 7 aliphatic rings. The normalized spacial score (nSPS) is 28.3. The molecule has 6 heterocycles. The van der Waals surface area contributed by atoms with Crippen LogP contribution in [0.3, 0.4) is 0 Å². The Labute approximate surface area is 393 Å². The van der Waals surface area contributed by atoms with Gasteiger partial charge < -0.3 is 20.0 Å². The van der Waals surface area contributed by atoms with E-state index in [4.69, 9.17) is 23.2 Å². The lowest BCUT2D eigenvalue weighted by atomic mass is 9.55. The minimum Gasteiger partial charge on any atom is -0.371 e. The molecule has 11 nitrogen and oxygen atoms in total. The number of carbonyl (C=O) groups is 4. The van der Waals surface area contributed by atoms with Crippen molar-refractivity contribution in [1.82, 2.24) is 25.3 Å². The zero-order valence-electron chi connectivity index (χ0n) is 37.7. The third-order valence-corrected chi connectivity index (χ3v) is 16.9. The van der Waals surface area contributed by atoms with Crippen LogP contribution in [0.5, 0.6) is 0 Å². The summed E-state index contributed by atoms with van der Waals surface area (Å²) < 4.78 is 16.4. The largest absolute Gasteiger partial charge is 0.371 e. The number of nitrogens with zero attached hydrogens (tertiary/aromatic N) is 4. The fraction of sp³-hybridized carbons (Fsp3) is 0.588. The van der Waals surface area contributed by atoms with E-state index in [0.29, 0.717) is 72.8 Å². The van der Waals surface area contributed by atoms with Crippen molar-refractivity contribution in [2.45, 2.75) is 120 Å². The van der Waals surface area contributed by atoms with Gasteiger partial charge in [-0.1, -0.05) is 67.2 Å². The van der Waals surface area contributed by atoms with E-state index in [0.717, 1.165) is 94.5 Å². The molecule has 348 valence electrons. The Balaban J connectivity index is 0.774. The number of fused-ring (bicyclic) bond motifs is 3. The highest BCUT2D eigenvalue weighted by molar-refractivity contribution is 6.31. The van der Waals surface area contributed by atoms with Gasteiger partial charge in [0, 0.05) is 79.4 Å². The van der Waals surface area contributed by atoms with Crippen LogP contribution in [0, 0.1) is 29.5 Å². The molecule has 4 atom stereocenters. The molecule has 2 aromatic carbocycles. The van der Waals surface area contributed by atoms with Gasteiger partial charge in [0.15, 0.2) is 0 Å². The molecule has 2 unspecified atom stereocenters. The van der Waals surface area contributed by atoms with Crippen LogP contribution >= 0.6 is 23.2 Å². The Hall–Kier alpha value is -4.10. The first kappa shape index (κ1) is 46.0. The van der Waals surface area contributed by atoms with Crippen molar-refractivity contribution in [3.63, 3.8) is 0 Å². The minimum absolute atomic E-state index is 0.0176. The maximum absolute atomic E-state index is 16.4. The number of allylic oxidation sites excluding steroid dienone is 1. The van der Waals surface area contributed by atoms with E-state index in [1.807, 2.05) is 17.9 Å². The number of likely N-dealkylation sites (tertiary alicyclic amines) is 3. The molecule has 6 aliphatic heterocycles. The van der Waals surface area contributed by atoms with Crippen LogP contribution < -0.4 is 16.0 Å². The molecule has 0 bridgehead atoms. The van der Waals surface area contributed by atoms with Crippen LogP contribution in [0.4, 0.5) is 10.1 Å². The van der Waals surface area contributed by atoms with E-state index in [1.165, 1.54) is 25.3 Å². The first-order valence-electron chi connectivity index (χ1n) is 24.2. The van der Waals surface area contributed by atoms with Crippen molar-refractivity contribution in [1.29, 1.82) is 0 Å². The van der Waals surface area contributed by atoms with Crippen LogP contribution in [0.15, 0.2) is 65.4 Å². The summed E-state index contributed by atoms with van der Waals surface area (Å²) >= 11 is 12.9. The molecule has 14 heteroatoms. The number of halogens is 3. The van der Waals surface area contributed by atoms with Crippen LogP contribution in [-0.4, -0.2) is 102 Å². The van der Waals surface area contributed by atoms with Crippen molar-refractivity contribution in [3.8, 4) is 0 Å². The highest BCUT2D eigenvalue weighted by atomic mass is 35.5. The summed E-state index contributed by atoms with van der Waals surface area (Å²) in [5, 5.41) is 9.86. The summed E-state index contributed by atoms with van der Waals surface area (Å²) in [6.07, 6.45) is 16.4. The van der Waals surface area contributed by atoms with Gasteiger partial charge in [0.05, 0.1) is 17.0 Å². The van der Waals surface area contributed by atoms with Gasteiger partial charge in [-0.3, -0.25) is 34.8 Å². The molecule has 1 aliphatic carbocycles. The van der Waals surface area contributed by atoms with Gasteiger partial charge in [-0.2, -0.15) is 0 Å². The molecule has 2 aromatic rings. The summed E-state index contributed by atoms with van der Waals surface area (Å²) in [6, 6.07) is 9.63. The highest BCUT2D eigenvalue weighted by Crippen LogP contribution is 2.63. The van der Waals surface area contributed by atoms with Gasteiger partial charge >= 0.3 is 0 Å². The van der Waals surface area contributed by atoms with E-state index in [2.05, 4.69) is 37.3 Å². The number of nitrogens with one attached hydrogen (secondary N) is 3. The molecule has 0 aromatic heterocycles. The Morgan fingerprint density at radius 1 is 0.877 bits per heavy atom. The van der Waals surface area contributed by atoms with Crippen molar-refractivity contribution in [2.75, 3.05) is 51.1 Å². The molecule has 6 fully saturated rings. The Morgan fingerprint density at radius 3 is 2.26 bits per heavy atom. The van der Waals surface area contributed by atoms with E-state index in [-0.39, 0.29) is 34.6 Å². The second-order valence-electron chi connectivity index (χ2n) is 20.2. The Bertz CT molecular complexity index is 2240. The number of carbonyl (C=O) groups excluding carboxylic acids is 4. The van der Waals surface area contributed by atoms with Gasteiger partial charge in [0.25, 0.3) is 0 Å². The van der Waals surface area contributed by atoms with Crippen molar-refractivity contribution >= 4 is 58.7 Å². The second kappa shape index (κ2) is 19.2. The fourth-order valence-electron chi connectivity index (χ4n) is 13.0. The Kier molecular flexibility index (Phi) is 13.6. The molecule has 3 N–H and O–H groups in total. The number of benzene rings is 2. The van der Waals surface area contributed by atoms with E-state index in [9.17, 15) is 14.4 Å². The van der Waals surface area contributed by atoms with E-state index < -0.39 is 28.7 Å². The van der Waals surface area contributed by atoms with Crippen LogP contribution in [0.1, 0.15) is 114 Å². The average molecular weight is 929 g/mol. The predicted molar refractivity (Wildman–Crippen MR) is 253 cm³/mol. The maximum atomic E-state index is 16.4. The number of piperidine rings is 4. The fourth-order valence-corrected chi connectivity index (χ4v) is 13.3. The smallest absolute Gasteiger partial charge is 0.240 e. The SMILES string of the molecule is C=C(/C=N\C=C(/C)C1CCC(=O)NC1=O)N1CCC(CN2CCC(CC3CCN(C(=O)[C@@H]4NC5(CCCCC5)[C@@]5(C(=O)Nc6cc(Cl)ccc65)C4c4cccc(Cl)c4F)CC3)CC2)CC1. The van der Waals surface area contributed by atoms with Gasteiger partial charge in [-0.05, 0) is 137 Å². The molecular weight excluding hydrogens is 865 g/mol.